The van der Waals surface area contributed by atoms with Gasteiger partial charge in [0, 0.05) is 19.2 Å². The van der Waals surface area contributed by atoms with Crippen LogP contribution in [0, 0.1) is 0 Å². The van der Waals surface area contributed by atoms with Gasteiger partial charge in [-0.1, -0.05) is 12.1 Å². The number of methoxy groups -OCH3 is 1. The topological polar surface area (TPSA) is 59.6 Å². The van der Waals surface area contributed by atoms with Gasteiger partial charge < -0.3 is 15.8 Å². The quantitative estimate of drug-likeness (QED) is 0.426. The fraction of sp³-hybridized carbons (Fsp3) is 0.300. The predicted molar refractivity (Wildman–Crippen MR) is 58.7 cm³/mol. The zero-order valence-corrected chi connectivity index (χ0v) is 8.45. The molecule has 0 aliphatic rings. The summed E-state index contributed by atoms with van der Waals surface area (Å²) in [4.78, 5) is 3.82. The smallest absolute Gasteiger partial charge is 0.146 e. The van der Waals surface area contributed by atoms with Crippen LogP contribution >= 0.6 is 0 Å². The van der Waals surface area contributed by atoms with Crippen molar-refractivity contribution in [1.29, 1.82) is 0 Å². The summed E-state index contributed by atoms with van der Waals surface area (Å²) in [5.41, 5.74) is 7.42. The van der Waals surface area contributed by atoms with E-state index in [4.69, 9.17) is 10.5 Å². The van der Waals surface area contributed by atoms with Crippen LogP contribution in [0.5, 0.6) is 5.75 Å². The van der Waals surface area contributed by atoms with Gasteiger partial charge in [0.1, 0.15) is 5.75 Å². The first-order chi connectivity index (χ1) is 6.79. The number of hydrogen-bond acceptors (Lipinski definition) is 3. The molecular formula is C10H15N3O. The van der Waals surface area contributed by atoms with E-state index in [-0.39, 0.29) is 0 Å². The van der Waals surface area contributed by atoms with Crippen molar-refractivity contribution in [2.45, 2.75) is 6.54 Å². The molecule has 0 radical (unpaired) electrons. The monoisotopic (exact) mass is 193 g/mol. The van der Waals surface area contributed by atoms with Gasteiger partial charge in [-0.25, -0.2) is 0 Å². The van der Waals surface area contributed by atoms with Crippen molar-refractivity contribution in [2.24, 2.45) is 4.99 Å². The molecule has 3 N–H and O–H groups in total. The Morgan fingerprint density at radius 2 is 2.36 bits per heavy atom. The molecule has 0 fully saturated rings. The highest BCUT2D eigenvalue weighted by molar-refractivity contribution is 5.59. The van der Waals surface area contributed by atoms with Crippen LogP contribution in [-0.2, 0) is 6.54 Å². The van der Waals surface area contributed by atoms with Crippen molar-refractivity contribution in [1.82, 2.24) is 5.32 Å². The lowest BCUT2D eigenvalue weighted by Gasteiger charge is -2.10. The molecule has 0 saturated carbocycles. The fourth-order valence-electron chi connectivity index (χ4n) is 1.24. The molecule has 0 aromatic heterocycles. The van der Waals surface area contributed by atoms with Crippen LogP contribution in [0.1, 0.15) is 5.56 Å². The molecule has 0 spiro atoms. The van der Waals surface area contributed by atoms with Gasteiger partial charge >= 0.3 is 0 Å². The third kappa shape index (κ3) is 2.39. The molecule has 14 heavy (non-hydrogen) atoms. The molecular weight excluding hydrogens is 178 g/mol. The molecule has 0 bridgehead atoms. The van der Waals surface area contributed by atoms with Gasteiger partial charge in [0.05, 0.1) is 19.1 Å². The number of para-hydroxylation sites is 1. The van der Waals surface area contributed by atoms with Crippen molar-refractivity contribution in [3.8, 4) is 5.75 Å². The highest BCUT2D eigenvalue weighted by Gasteiger charge is 2.04. The zero-order chi connectivity index (χ0) is 10.4. The predicted octanol–water partition coefficient (Wildman–Crippen LogP) is 1.03. The van der Waals surface area contributed by atoms with Crippen LogP contribution in [0.2, 0.25) is 0 Å². The van der Waals surface area contributed by atoms with E-state index in [9.17, 15) is 0 Å². The van der Waals surface area contributed by atoms with Crippen molar-refractivity contribution < 1.29 is 4.74 Å². The van der Waals surface area contributed by atoms with E-state index in [1.165, 1.54) is 0 Å². The van der Waals surface area contributed by atoms with Crippen LogP contribution in [0.4, 0.5) is 5.69 Å². The largest absolute Gasteiger partial charge is 0.494 e. The van der Waals surface area contributed by atoms with Gasteiger partial charge in [-0.2, -0.15) is 0 Å². The van der Waals surface area contributed by atoms with Crippen molar-refractivity contribution >= 4 is 12.0 Å². The first-order valence-electron chi connectivity index (χ1n) is 4.35. The average molecular weight is 193 g/mol. The molecule has 0 unspecified atom stereocenters. The van der Waals surface area contributed by atoms with Crippen molar-refractivity contribution in [2.75, 3.05) is 19.9 Å². The number of nitrogens with one attached hydrogen (secondary N) is 1. The maximum absolute atomic E-state index is 5.75. The number of ether oxygens (including phenoxy) is 1. The summed E-state index contributed by atoms with van der Waals surface area (Å²) in [5, 5.41) is 3.03. The summed E-state index contributed by atoms with van der Waals surface area (Å²) in [7, 11) is 3.33. The minimum absolute atomic E-state index is 0.653. The Balaban J connectivity index is 2.79. The Morgan fingerprint density at radius 1 is 1.57 bits per heavy atom. The number of nitrogen functional groups attached to an aromatic ring is 1. The number of hydrogen-bond donors (Lipinski definition) is 2. The molecule has 0 aliphatic heterocycles. The van der Waals surface area contributed by atoms with E-state index in [1.807, 2.05) is 18.2 Å². The lowest BCUT2D eigenvalue weighted by atomic mass is 10.1. The van der Waals surface area contributed by atoms with Crippen molar-refractivity contribution in [3.63, 3.8) is 0 Å². The first-order valence-corrected chi connectivity index (χ1v) is 4.35. The van der Waals surface area contributed by atoms with Gasteiger partial charge in [0.15, 0.2) is 0 Å². The molecule has 0 aliphatic carbocycles. The molecule has 0 saturated heterocycles. The number of benzene rings is 1. The lowest BCUT2D eigenvalue weighted by molar-refractivity contribution is 0.411. The lowest BCUT2D eigenvalue weighted by Crippen LogP contribution is -2.11. The standard InChI is InChI=1S/C10H15N3O/c1-12-7-13-6-8-4-3-5-9(11)10(8)14-2/h3-5,7H,6,11H2,1-2H3,(H,12,13). The number of aliphatic imine (C=N–C) groups is 1. The molecule has 1 aromatic rings. The highest BCUT2D eigenvalue weighted by atomic mass is 16.5. The second-order valence-corrected chi connectivity index (χ2v) is 2.81. The number of rotatable bonds is 4. The van der Waals surface area contributed by atoms with Crippen molar-refractivity contribution in [3.05, 3.63) is 23.8 Å². The summed E-state index contributed by atoms with van der Waals surface area (Å²) in [6.45, 7) is 0.658. The van der Waals surface area contributed by atoms with Crippen LogP contribution in [0.3, 0.4) is 0 Å². The van der Waals surface area contributed by atoms with Crippen LogP contribution in [0.25, 0.3) is 0 Å². The third-order valence-electron chi connectivity index (χ3n) is 1.84. The summed E-state index contributed by atoms with van der Waals surface area (Å²) in [5.74, 6) is 0.726. The molecule has 4 nitrogen and oxygen atoms in total. The SMILES string of the molecule is CN=CNCc1cccc(N)c1OC. The van der Waals surface area contributed by atoms with E-state index >= 15 is 0 Å². The third-order valence-corrected chi connectivity index (χ3v) is 1.84. The summed E-state index contributed by atoms with van der Waals surface area (Å²) >= 11 is 0. The summed E-state index contributed by atoms with van der Waals surface area (Å²) in [6.07, 6.45) is 1.64. The Kier molecular flexibility index (Phi) is 3.79. The second-order valence-electron chi connectivity index (χ2n) is 2.81. The van der Waals surface area contributed by atoms with E-state index in [0.717, 1.165) is 11.3 Å². The van der Waals surface area contributed by atoms with Gasteiger partial charge in [0.2, 0.25) is 0 Å². The molecule has 1 rings (SSSR count). The minimum Gasteiger partial charge on any atom is -0.494 e. The number of nitrogens with two attached hydrogens (primary N) is 1. The minimum atomic E-state index is 0.653. The Hall–Kier alpha value is -1.71. The molecule has 0 heterocycles. The normalized spacial score (nSPS) is 10.4. The summed E-state index contributed by atoms with van der Waals surface area (Å²) in [6, 6.07) is 5.68. The zero-order valence-electron chi connectivity index (χ0n) is 8.45. The van der Waals surface area contributed by atoms with Crippen LogP contribution < -0.4 is 15.8 Å². The average Bonchev–Trinajstić information content (AvgIpc) is 2.18. The highest BCUT2D eigenvalue weighted by Crippen LogP contribution is 2.25. The number of anilines is 1. The first kappa shape index (κ1) is 10.4. The number of nitrogens with zero attached hydrogens (tertiary/aromatic N) is 1. The van der Waals surface area contributed by atoms with E-state index in [0.29, 0.717) is 12.2 Å². The molecule has 76 valence electrons. The molecule has 0 amide bonds. The van der Waals surface area contributed by atoms with E-state index in [1.54, 1.807) is 20.5 Å². The maximum Gasteiger partial charge on any atom is 0.146 e. The summed E-state index contributed by atoms with van der Waals surface area (Å²) < 4.78 is 5.20. The molecule has 4 heteroatoms. The Morgan fingerprint density at radius 3 is 3.00 bits per heavy atom. The van der Waals surface area contributed by atoms with Gasteiger partial charge in [-0.15, -0.1) is 0 Å². The van der Waals surface area contributed by atoms with Crippen LogP contribution in [0.15, 0.2) is 23.2 Å². The van der Waals surface area contributed by atoms with Crippen LogP contribution in [-0.4, -0.2) is 20.5 Å². The van der Waals surface area contributed by atoms with Gasteiger partial charge in [-0.05, 0) is 6.07 Å². The van der Waals surface area contributed by atoms with E-state index < -0.39 is 0 Å². The fourth-order valence-corrected chi connectivity index (χ4v) is 1.24. The second kappa shape index (κ2) is 5.11. The molecule has 1 aromatic carbocycles. The van der Waals surface area contributed by atoms with E-state index in [2.05, 4.69) is 10.3 Å². The Bertz CT molecular complexity index is 323. The Labute approximate surface area is 83.8 Å². The van der Waals surface area contributed by atoms with Gasteiger partial charge in [0.25, 0.3) is 0 Å². The molecule has 0 atom stereocenters. The maximum atomic E-state index is 5.75. The van der Waals surface area contributed by atoms with Gasteiger partial charge in [-0.3, -0.25) is 4.99 Å².